The van der Waals surface area contributed by atoms with Crippen LogP contribution in [0.25, 0.3) is 0 Å². The maximum atomic E-state index is 11.8. The van der Waals surface area contributed by atoms with E-state index in [1.165, 1.54) is 6.07 Å². The van der Waals surface area contributed by atoms with Crippen molar-refractivity contribution < 1.29 is 19.4 Å². The Balaban J connectivity index is 2.46. The number of ether oxygens (including phenoxy) is 1. The van der Waals surface area contributed by atoms with Crippen molar-refractivity contribution in [3.8, 4) is 0 Å². The molecule has 2 amide bonds. The summed E-state index contributed by atoms with van der Waals surface area (Å²) in [6.07, 6.45) is 2.79. The minimum Gasteiger partial charge on any atom is -0.478 e. The highest BCUT2D eigenvalue weighted by Crippen LogP contribution is 2.20. The number of carboxylic acid groups (broad SMARTS) is 1. The van der Waals surface area contributed by atoms with Gasteiger partial charge in [0.2, 0.25) is 0 Å². The Bertz CT molecular complexity index is 489. The number of rotatable bonds is 8. The molecule has 6 heteroatoms. The predicted molar refractivity (Wildman–Crippen MR) is 80.9 cm³/mol. The average Bonchev–Trinajstić information content (AvgIpc) is 2.44. The van der Waals surface area contributed by atoms with Gasteiger partial charge >= 0.3 is 12.0 Å². The number of methoxy groups -OCH3 is 1. The van der Waals surface area contributed by atoms with Crippen molar-refractivity contribution in [1.82, 2.24) is 5.32 Å². The zero-order chi connectivity index (χ0) is 15.7. The fraction of sp³-hybridized carbons (Fsp3) is 0.467. The maximum Gasteiger partial charge on any atom is 0.337 e. The molecule has 116 valence electrons. The molecule has 0 radical (unpaired) electrons. The number of urea groups is 1. The molecule has 0 aromatic heterocycles. The second-order valence-corrected chi connectivity index (χ2v) is 4.74. The van der Waals surface area contributed by atoms with E-state index < -0.39 is 12.0 Å². The van der Waals surface area contributed by atoms with Gasteiger partial charge in [-0.3, -0.25) is 0 Å². The van der Waals surface area contributed by atoms with Crippen molar-refractivity contribution in [2.24, 2.45) is 0 Å². The van der Waals surface area contributed by atoms with Gasteiger partial charge in [0.25, 0.3) is 0 Å². The van der Waals surface area contributed by atoms with Crippen molar-refractivity contribution in [2.75, 3.05) is 25.6 Å². The molecule has 0 unspecified atom stereocenters. The van der Waals surface area contributed by atoms with E-state index in [1.807, 2.05) is 0 Å². The Morgan fingerprint density at radius 1 is 1.24 bits per heavy atom. The third kappa shape index (κ3) is 5.83. The van der Waals surface area contributed by atoms with E-state index in [9.17, 15) is 9.59 Å². The van der Waals surface area contributed by atoms with Gasteiger partial charge in [-0.05, 0) is 37.8 Å². The lowest BCUT2D eigenvalue weighted by atomic mass is 10.1. The number of hydrogen-bond acceptors (Lipinski definition) is 3. The van der Waals surface area contributed by atoms with Crippen molar-refractivity contribution in [3.05, 3.63) is 29.3 Å². The monoisotopic (exact) mass is 294 g/mol. The number of carbonyl (C=O) groups excluding carboxylic acids is 1. The van der Waals surface area contributed by atoms with E-state index in [0.29, 0.717) is 17.8 Å². The Morgan fingerprint density at radius 2 is 2.00 bits per heavy atom. The molecule has 1 rings (SSSR count). The molecule has 0 spiro atoms. The Morgan fingerprint density at radius 3 is 2.67 bits per heavy atom. The third-order valence-corrected chi connectivity index (χ3v) is 3.05. The van der Waals surface area contributed by atoms with Crippen LogP contribution in [0.2, 0.25) is 0 Å². The van der Waals surface area contributed by atoms with E-state index >= 15 is 0 Å². The molecule has 0 atom stereocenters. The molecule has 0 saturated carbocycles. The van der Waals surface area contributed by atoms with Gasteiger partial charge in [0.15, 0.2) is 0 Å². The summed E-state index contributed by atoms with van der Waals surface area (Å²) in [5, 5.41) is 14.4. The van der Waals surface area contributed by atoms with Crippen LogP contribution in [-0.2, 0) is 4.74 Å². The lowest BCUT2D eigenvalue weighted by Crippen LogP contribution is -2.30. The van der Waals surface area contributed by atoms with Gasteiger partial charge in [0.1, 0.15) is 0 Å². The average molecular weight is 294 g/mol. The number of carboxylic acids is 1. The number of hydrogen-bond donors (Lipinski definition) is 3. The fourth-order valence-electron chi connectivity index (χ4n) is 1.92. The van der Waals surface area contributed by atoms with Crippen LogP contribution in [0.15, 0.2) is 18.2 Å². The molecule has 0 aliphatic carbocycles. The van der Waals surface area contributed by atoms with Crippen molar-refractivity contribution in [1.29, 1.82) is 0 Å². The van der Waals surface area contributed by atoms with Crippen molar-refractivity contribution >= 4 is 17.7 Å². The minimum atomic E-state index is -1.06. The number of benzene rings is 1. The Kier molecular flexibility index (Phi) is 7.25. The highest BCUT2D eigenvalue weighted by Gasteiger charge is 2.13. The summed E-state index contributed by atoms with van der Waals surface area (Å²) in [4.78, 5) is 22.9. The summed E-state index contributed by atoms with van der Waals surface area (Å²) < 4.78 is 4.94. The van der Waals surface area contributed by atoms with Crippen LogP contribution >= 0.6 is 0 Å². The second kappa shape index (κ2) is 8.97. The molecule has 0 bridgehead atoms. The molecule has 21 heavy (non-hydrogen) atoms. The molecule has 1 aromatic carbocycles. The number of amides is 2. The molecule has 3 N–H and O–H groups in total. The molecule has 0 saturated heterocycles. The highest BCUT2D eigenvalue weighted by atomic mass is 16.5. The summed E-state index contributed by atoms with van der Waals surface area (Å²) in [6, 6.07) is 4.48. The topological polar surface area (TPSA) is 87.7 Å². The smallest absolute Gasteiger partial charge is 0.337 e. The van der Waals surface area contributed by atoms with E-state index in [0.717, 1.165) is 25.9 Å². The molecule has 0 fully saturated rings. The van der Waals surface area contributed by atoms with E-state index in [2.05, 4.69) is 10.6 Å². The van der Waals surface area contributed by atoms with Gasteiger partial charge in [-0.1, -0.05) is 12.1 Å². The van der Waals surface area contributed by atoms with Gasteiger partial charge in [-0.2, -0.15) is 0 Å². The van der Waals surface area contributed by atoms with Crippen LogP contribution < -0.4 is 10.6 Å². The van der Waals surface area contributed by atoms with Gasteiger partial charge in [0.05, 0.1) is 11.3 Å². The summed E-state index contributed by atoms with van der Waals surface area (Å²) in [5.41, 5.74) is 1.14. The largest absolute Gasteiger partial charge is 0.478 e. The van der Waals surface area contributed by atoms with Gasteiger partial charge < -0.3 is 20.5 Å². The molecule has 1 aromatic rings. The zero-order valence-corrected chi connectivity index (χ0v) is 12.4. The lowest BCUT2D eigenvalue weighted by Gasteiger charge is -2.12. The number of anilines is 1. The first-order valence-corrected chi connectivity index (χ1v) is 6.93. The molecule has 0 heterocycles. The normalized spacial score (nSPS) is 10.2. The first kappa shape index (κ1) is 17.0. The Hall–Kier alpha value is -2.08. The number of unbranched alkanes of at least 4 members (excludes halogenated alkanes) is 2. The molecular weight excluding hydrogens is 272 g/mol. The predicted octanol–water partition coefficient (Wildman–Crippen LogP) is 2.63. The maximum absolute atomic E-state index is 11.8. The highest BCUT2D eigenvalue weighted by molar-refractivity contribution is 6.00. The first-order valence-electron chi connectivity index (χ1n) is 6.93. The number of aryl methyl sites for hydroxylation is 1. The van der Waals surface area contributed by atoms with Crippen molar-refractivity contribution in [2.45, 2.75) is 26.2 Å². The first-order chi connectivity index (χ1) is 10.1. The van der Waals surface area contributed by atoms with Gasteiger partial charge in [-0.15, -0.1) is 0 Å². The summed E-state index contributed by atoms with van der Waals surface area (Å²) in [6.45, 7) is 3.02. The third-order valence-electron chi connectivity index (χ3n) is 3.05. The van der Waals surface area contributed by atoms with Crippen LogP contribution in [0.3, 0.4) is 0 Å². The summed E-state index contributed by atoms with van der Waals surface area (Å²) in [5.74, 6) is -1.06. The summed E-state index contributed by atoms with van der Waals surface area (Å²) >= 11 is 0. The van der Waals surface area contributed by atoms with Crippen LogP contribution in [0, 0.1) is 6.92 Å². The number of para-hydroxylation sites is 1. The SMILES string of the molecule is COCCCCCNC(=O)Nc1c(C)cccc1C(=O)O. The van der Waals surface area contributed by atoms with Gasteiger partial charge in [-0.25, -0.2) is 9.59 Å². The van der Waals surface area contributed by atoms with E-state index in [4.69, 9.17) is 9.84 Å². The Labute approximate surface area is 124 Å². The minimum absolute atomic E-state index is 0.0882. The second-order valence-electron chi connectivity index (χ2n) is 4.74. The van der Waals surface area contributed by atoms with Gasteiger partial charge in [0, 0.05) is 20.3 Å². The number of carbonyl (C=O) groups is 2. The van der Waals surface area contributed by atoms with Crippen LogP contribution in [0.1, 0.15) is 35.2 Å². The molecule has 0 aliphatic heterocycles. The molecule has 0 aliphatic rings. The van der Waals surface area contributed by atoms with Crippen LogP contribution in [0.5, 0.6) is 0 Å². The standard InChI is InChI=1S/C15H22N2O4/c1-11-7-6-8-12(14(18)19)13(11)17-15(20)16-9-4-3-5-10-21-2/h6-8H,3-5,9-10H2,1-2H3,(H,18,19)(H2,16,17,20). The quantitative estimate of drug-likeness (QED) is 0.643. The van der Waals surface area contributed by atoms with E-state index in [1.54, 1.807) is 26.2 Å². The lowest BCUT2D eigenvalue weighted by molar-refractivity contribution is 0.0698. The number of aromatic carboxylic acids is 1. The molecular formula is C15H22N2O4. The molecule has 6 nitrogen and oxygen atoms in total. The van der Waals surface area contributed by atoms with Crippen LogP contribution in [-0.4, -0.2) is 37.4 Å². The van der Waals surface area contributed by atoms with Crippen molar-refractivity contribution in [3.63, 3.8) is 0 Å². The van der Waals surface area contributed by atoms with Crippen LogP contribution in [0.4, 0.5) is 10.5 Å². The summed E-state index contributed by atoms with van der Waals surface area (Å²) in [7, 11) is 1.66. The number of nitrogens with one attached hydrogen (secondary N) is 2. The van der Waals surface area contributed by atoms with E-state index in [-0.39, 0.29) is 5.56 Å². The fourth-order valence-corrected chi connectivity index (χ4v) is 1.92. The zero-order valence-electron chi connectivity index (χ0n) is 12.4.